The summed E-state index contributed by atoms with van der Waals surface area (Å²) in [6.07, 6.45) is 8.68. The smallest absolute Gasteiger partial charge is 0.140 e. The van der Waals surface area contributed by atoms with E-state index in [9.17, 15) is 4.79 Å². The fourth-order valence-electron chi connectivity index (χ4n) is 2.98. The number of nitrogens with two attached hydrogens (primary N) is 1. The van der Waals surface area contributed by atoms with Crippen molar-refractivity contribution in [2.45, 2.75) is 78.2 Å². The molecule has 0 heterocycles. The Morgan fingerprint density at radius 1 is 1.47 bits per heavy atom. The molecule has 0 aliphatic heterocycles. The Kier molecular flexibility index (Phi) is 5.64. The first-order valence-electron chi connectivity index (χ1n) is 7.33. The summed E-state index contributed by atoms with van der Waals surface area (Å²) in [5.41, 5.74) is 5.89. The molecule has 0 aromatic rings. The van der Waals surface area contributed by atoms with Gasteiger partial charge in [-0.3, -0.25) is 4.79 Å². The first-order chi connectivity index (χ1) is 8.04. The van der Waals surface area contributed by atoms with Crippen LogP contribution in [-0.4, -0.2) is 11.8 Å². The number of carbonyl (C=O) groups excluding carboxylic acids is 1. The van der Waals surface area contributed by atoms with E-state index in [2.05, 4.69) is 20.8 Å². The molecule has 0 aromatic heterocycles. The van der Waals surface area contributed by atoms with Crippen LogP contribution in [0.2, 0.25) is 0 Å². The number of hydrogen-bond acceptors (Lipinski definition) is 2. The van der Waals surface area contributed by atoms with E-state index in [0.717, 1.165) is 32.1 Å². The molecule has 1 saturated carbocycles. The lowest BCUT2D eigenvalue weighted by Gasteiger charge is -2.29. The summed E-state index contributed by atoms with van der Waals surface area (Å²) in [4.78, 5) is 12.4. The molecular formula is C15H29NO. The van der Waals surface area contributed by atoms with Gasteiger partial charge in [0.25, 0.3) is 0 Å². The quantitative estimate of drug-likeness (QED) is 0.736. The van der Waals surface area contributed by atoms with Gasteiger partial charge in [-0.25, -0.2) is 0 Å². The SMILES string of the molecule is CCCCC(CC)CC(=O)C1(C)CCCC1N. The van der Waals surface area contributed by atoms with Crippen molar-refractivity contribution in [3.05, 3.63) is 0 Å². The lowest BCUT2D eigenvalue weighted by atomic mass is 9.76. The van der Waals surface area contributed by atoms with E-state index in [0.29, 0.717) is 11.7 Å². The Balaban J connectivity index is 2.51. The molecule has 2 N–H and O–H groups in total. The van der Waals surface area contributed by atoms with Gasteiger partial charge in [0.2, 0.25) is 0 Å². The molecule has 3 atom stereocenters. The molecule has 2 nitrogen and oxygen atoms in total. The van der Waals surface area contributed by atoms with Crippen LogP contribution in [0.3, 0.4) is 0 Å². The van der Waals surface area contributed by atoms with Crippen molar-refractivity contribution in [2.75, 3.05) is 0 Å². The van der Waals surface area contributed by atoms with Crippen molar-refractivity contribution in [3.8, 4) is 0 Å². The van der Waals surface area contributed by atoms with Crippen LogP contribution >= 0.6 is 0 Å². The van der Waals surface area contributed by atoms with Crippen molar-refractivity contribution in [1.82, 2.24) is 0 Å². The maximum absolute atomic E-state index is 12.4. The Morgan fingerprint density at radius 2 is 2.18 bits per heavy atom. The second-order valence-electron chi connectivity index (χ2n) is 5.96. The lowest BCUT2D eigenvalue weighted by Crippen LogP contribution is -2.41. The van der Waals surface area contributed by atoms with E-state index in [4.69, 9.17) is 5.73 Å². The van der Waals surface area contributed by atoms with E-state index in [-0.39, 0.29) is 11.5 Å². The third kappa shape index (κ3) is 3.54. The van der Waals surface area contributed by atoms with Gasteiger partial charge < -0.3 is 5.73 Å². The fourth-order valence-corrected chi connectivity index (χ4v) is 2.98. The summed E-state index contributed by atoms with van der Waals surface area (Å²) in [6, 6.07) is 0.0960. The van der Waals surface area contributed by atoms with Crippen LogP contribution in [0.25, 0.3) is 0 Å². The maximum Gasteiger partial charge on any atom is 0.140 e. The van der Waals surface area contributed by atoms with Crippen molar-refractivity contribution < 1.29 is 4.79 Å². The van der Waals surface area contributed by atoms with Gasteiger partial charge in [0.1, 0.15) is 5.78 Å². The van der Waals surface area contributed by atoms with Crippen LogP contribution in [0.15, 0.2) is 0 Å². The average Bonchev–Trinajstić information content (AvgIpc) is 2.66. The van der Waals surface area contributed by atoms with Crippen molar-refractivity contribution >= 4 is 5.78 Å². The van der Waals surface area contributed by atoms with Gasteiger partial charge in [-0.2, -0.15) is 0 Å². The Bertz CT molecular complexity index is 251. The molecule has 3 unspecified atom stereocenters. The number of ketones is 1. The molecule has 0 saturated heterocycles. The van der Waals surface area contributed by atoms with Crippen molar-refractivity contribution in [2.24, 2.45) is 17.1 Å². The largest absolute Gasteiger partial charge is 0.327 e. The second kappa shape index (κ2) is 6.53. The number of unbranched alkanes of at least 4 members (excludes halogenated alkanes) is 1. The third-order valence-corrected chi connectivity index (χ3v) is 4.68. The summed E-state index contributed by atoms with van der Waals surface area (Å²) in [7, 11) is 0. The van der Waals surface area contributed by atoms with E-state index in [1.54, 1.807) is 0 Å². The van der Waals surface area contributed by atoms with Crippen LogP contribution in [0.1, 0.15) is 72.1 Å². The number of hydrogen-bond donors (Lipinski definition) is 1. The fraction of sp³-hybridized carbons (Fsp3) is 0.933. The minimum Gasteiger partial charge on any atom is -0.327 e. The number of carbonyl (C=O) groups is 1. The molecule has 0 amide bonds. The Labute approximate surface area is 106 Å². The number of Topliss-reactive ketones (excluding diaryl/α,β-unsaturated/α-hetero) is 1. The molecule has 0 aromatic carbocycles. The van der Waals surface area contributed by atoms with E-state index in [1.165, 1.54) is 19.3 Å². The highest BCUT2D eigenvalue weighted by Gasteiger charge is 2.42. The minimum atomic E-state index is -0.223. The predicted molar refractivity (Wildman–Crippen MR) is 72.9 cm³/mol. The summed E-state index contributed by atoms with van der Waals surface area (Å²) in [6.45, 7) is 6.49. The zero-order chi connectivity index (χ0) is 12.9. The average molecular weight is 239 g/mol. The zero-order valence-electron chi connectivity index (χ0n) is 11.8. The van der Waals surface area contributed by atoms with Gasteiger partial charge in [-0.15, -0.1) is 0 Å². The van der Waals surface area contributed by atoms with Crippen molar-refractivity contribution in [1.29, 1.82) is 0 Å². The van der Waals surface area contributed by atoms with Crippen LogP contribution in [-0.2, 0) is 4.79 Å². The van der Waals surface area contributed by atoms with Gasteiger partial charge in [0, 0.05) is 17.9 Å². The zero-order valence-corrected chi connectivity index (χ0v) is 11.8. The van der Waals surface area contributed by atoms with Gasteiger partial charge in [0.15, 0.2) is 0 Å². The molecule has 1 rings (SSSR count). The minimum absolute atomic E-state index is 0.0960. The molecule has 17 heavy (non-hydrogen) atoms. The van der Waals surface area contributed by atoms with E-state index < -0.39 is 0 Å². The van der Waals surface area contributed by atoms with Gasteiger partial charge in [0.05, 0.1) is 0 Å². The molecule has 0 spiro atoms. The molecular weight excluding hydrogens is 210 g/mol. The molecule has 0 bridgehead atoms. The van der Waals surface area contributed by atoms with Gasteiger partial charge >= 0.3 is 0 Å². The molecule has 100 valence electrons. The highest BCUT2D eigenvalue weighted by atomic mass is 16.1. The van der Waals surface area contributed by atoms with Crippen LogP contribution in [0, 0.1) is 11.3 Å². The molecule has 1 aliphatic carbocycles. The Hall–Kier alpha value is -0.370. The summed E-state index contributed by atoms with van der Waals surface area (Å²) in [5, 5.41) is 0. The maximum atomic E-state index is 12.4. The van der Waals surface area contributed by atoms with Gasteiger partial charge in [-0.1, -0.05) is 52.9 Å². The highest BCUT2D eigenvalue weighted by Crippen LogP contribution is 2.39. The number of rotatable bonds is 7. The third-order valence-electron chi connectivity index (χ3n) is 4.68. The van der Waals surface area contributed by atoms with Crippen molar-refractivity contribution in [3.63, 3.8) is 0 Å². The lowest BCUT2D eigenvalue weighted by molar-refractivity contribution is -0.129. The first kappa shape index (κ1) is 14.7. The standard InChI is InChI=1S/C15H29NO/c1-4-6-8-12(5-2)11-14(17)15(3)10-7-9-13(15)16/h12-13H,4-11,16H2,1-3H3. The van der Waals surface area contributed by atoms with E-state index in [1.807, 2.05) is 0 Å². The first-order valence-corrected chi connectivity index (χ1v) is 7.33. The van der Waals surface area contributed by atoms with Crippen LogP contribution in [0.5, 0.6) is 0 Å². The second-order valence-corrected chi connectivity index (χ2v) is 5.96. The molecule has 1 aliphatic rings. The molecule has 2 heteroatoms. The molecule has 0 radical (unpaired) electrons. The predicted octanol–water partition coefficient (Wildman–Crippen LogP) is 3.68. The van der Waals surface area contributed by atoms with Gasteiger partial charge in [-0.05, 0) is 18.8 Å². The molecule has 1 fully saturated rings. The Morgan fingerprint density at radius 3 is 2.65 bits per heavy atom. The van der Waals surface area contributed by atoms with E-state index >= 15 is 0 Å². The normalized spacial score (nSPS) is 30.5. The van der Waals surface area contributed by atoms with Crippen LogP contribution < -0.4 is 5.73 Å². The monoisotopic (exact) mass is 239 g/mol. The summed E-state index contributed by atoms with van der Waals surface area (Å²) < 4.78 is 0. The topological polar surface area (TPSA) is 43.1 Å². The van der Waals surface area contributed by atoms with Crippen LogP contribution in [0.4, 0.5) is 0 Å². The summed E-state index contributed by atoms with van der Waals surface area (Å²) in [5.74, 6) is 0.998. The summed E-state index contributed by atoms with van der Waals surface area (Å²) >= 11 is 0. The highest BCUT2D eigenvalue weighted by molar-refractivity contribution is 5.85.